The van der Waals surface area contributed by atoms with Crippen molar-refractivity contribution in [3.05, 3.63) is 24.3 Å². The highest BCUT2D eigenvalue weighted by Gasteiger charge is 2.25. The molecule has 0 saturated heterocycles. The van der Waals surface area contributed by atoms with Crippen LogP contribution in [-0.2, 0) is 4.79 Å². The molecule has 0 aromatic heterocycles. The van der Waals surface area contributed by atoms with Gasteiger partial charge in [-0.15, -0.1) is 24.2 Å². The fraction of sp³-hybridized carbons (Fsp3) is 0.562. The van der Waals surface area contributed by atoms with Crippen LogP contribution in [0.25, 0.3) is 0 Å². The number of hydrogen-bond acceptors (Lipinski definition) is 4. The van der Waals surface area contributed by atoms with Crippen LogP contribution in [0.1, 0.15) is 25.7 Å². The Bertz CT molecular complexity index is 456. The number of benzene rings is 1. The number of ether oxygens (including phenoxy) is 1. The third-order valence-electron chi connectivity index (χ3n) is 3.99. The average Bonchev–Trinajstić information content (AvgIpc) is 2.54. The highest BCUT2D eigenvalue weighted by molar-refractivity contribution is 8.00. The van der Waals surface area contributed by atoms with Gasteiger partial charge in [0.05, 0.1) is 12.9 Å². The Morgan fingerprint density at radius 3 is 2.64 bits per heavy atom. The Morgan fingerprint density at radius 2 is 2.00 bits per heavy atom. The molecule has 0 bridgehead atoms. The predicted octanol–water partition coefficient (Wildman–Crippen LogP) is 2.84. The smallest absolute Gasteiger partial charge is 0.230 e. The lowest BCUT2D eigenvalue weighted by Gasteiger charge is -2.31. The molecule has 0 aliphatic heterocycles. The topological polar surface area (TPSA) is 64.3 Å². The van der Waals surface area contributed by atoms with Gasteiger partial charge in [-0.2, -0.15) is 0 Å². The first-order valence-electron chi connectivity index (χ1n) is 7.49. The van der Waals surface area contributed by atoms with Crippen LogP contribution < -0.4 is 15.8 Å². The van der Waals surface area contributed by atoms with Crippen LogP contribution in [0, 0.1) is 5.92 Å². The normalized spacial score (nSPS) is 20.8. The van der Waals surface area contributed by atoms with Crippen LogP contribution in [0.3, 0.4) is 0 Å². The number of methoxy groups -OCH3 is 1. The number of halogens is 1. The predicted molar refractivity (Wildman–Crippen MR) is 93.9 cm³/mol. The fourth-order valence-corrected chi connectivity index (χ4v) is 3.46. The van der Waals surface area contributed by atoms with Crippen LogP contribution >= 0.6 is 24.2 Å². The first-order valence-corrected chi connectivity index (χ1v) is 8.47. The van der Waals surface area contributed by atoms with Crippen molar-refractivity contribution < 1.29 is 9.53 Å². The summed E-state index contributed by atoms with van der Waals surface area (Å²) in [7, 11) is 1.65. The van der Waals surface area contributed by atoms with Crippen molar-refractivity contribution >= 4 is 30.1 Å². The van der Waals surface area contributed by atoms with Crippen LogP contribution in [0.2, 0.25) is 0 Å². The molecule has 4 nitrogen and oxygen atoms in total. The van der Waals surface area contributed by atoms with E-state index in [1.54, 1.807) is 18.9 Å². The monoisotopic (exact) mass is 344 g/mol. The van der Waals surface area contributed by atoms with Crippen LogP contribution in [0.4, 0.5) is 0 Å². The van der Waals surface area contributed by atoms with Gasteiger partial charge in [0.25, 0.3) is 0 Å². The van der Waals surface area contributed by atoms with Crippen molar-refractivity contribution in [2.45, 2.75) is 36.6 Å². The van der Waals surface area contributed by atoms with Crippen molar-refractivity contribution in [3.8, 4) is 5.75 Å². The van der Waals surface area contributed by atoms with E-state index in [-0.39, 0.29) is 24.4 Å². The fourth-order valence-electron chi connectivity index (χ4n) is 2.75. The van der Waals surface area contributed by atoms with E-state index >= 15 is 0 Å². The first kappa shape index (κ1) is 19.1. The first-order chi connectivity index (χ1) is 10.2. The lowest BCUT2D eigenvalue weighted by molar-refractivity contribution is -0.119. The SMILES string of the molecule is COc1ccc(SCC(=O)NC2CCCCC2CN)cc1.Cl. The van der Waals surface area contributed by atoms with Crippen molar-refractivity contribution in [2.24, 2.45) is 11.7 Å². The van der Waals surface area contributed by atoms with Crippen molar-refractivity contribution in [3.63, 3.8) is 0 Å². The van der Waals surface area contributed by atoms with Gasteiger partial charge in [-0.1, -0.05) is 12.8 Å². The Kier molecular flexibility index (Phi) is 8.68. The summed E-state index contributed by atoms with van der Waals surface area (Å²) in [5, 5.41) is 3.15. The van der Waals surface area contributed by atoms with E-state index in [0.717, 1.165) is 23.5 Å². The van der Waals surface area contributed by atoms with Crippen molar-refractivity contribution in [1.29, 1.82) is 0 Å². The number of carbonyl (C=O) groups excluding carboxylic acids is 1. The molecule has 1 aliphatic carbocycles. The maximum atomic E-state index is 12.1. The number of nitrogens with two attached hydrogens (primary N) is 1. The van der Waals surface area contributed by atoms with E-state index in [1.807, 2.05) is 24.3 Å². The van der Waals surface area contributed by atoms with Gasteiger partial charge in [-0.3, -0.25) is 4.79 Å². The number of amides is 1. The Hall–Kier alpha value is -0.910. The second-order valence-corrected chi connectivity index (χ2v) is 6.47. The zero-order valence-electron chi connectivity index (χ0n) is 12.9. The quantitative estimate of drug-likeness (QED) is 0.779. The van der Waals surface area contributed by atoms with Gasteiger partial charge in [0.1, 0.15) is 5.75 Å². The van der Waals surface area contributed by atoms with Gasteiger partial charge >= 0.3 is 0 Å². The third-order valence-corrected chi connectivity index (χ3v) is 5.00. The minimum absolute atomic E-state index is 0. The molecule has 6 heteroatoms. The number of hydrogen-bond donors (Lipinski definition) is 2. The lowest BCUT2D eigenvalue weighted by atomic mass is 9.84. The molecule has 0 heterocycles. The van der Waals surface area contributed by atoms with Gasteiger partial charge in [-0.25, -0.2) is 0 Å². The van der Waals surface area contributed by atoms with E-state index in [2.05, 4.69) is 5.32 Å². The molecule has 0 spiro atoms. The summed E-state index contributed by atoms with van der Waals surface area (Å²) in [5.74, 6) is 1.81. The van der Waals surface area contributed by atoms with Gasteiger partial charge in [0.2, 0.25) is 5.91 Å². The van der Waals surface area contributed by atoms with Crippen molar-refractivity contribution in [2.75, 3.05) is 19.4 Å². The van der Waals surface area contributed by atoms with Gasteiger partial charge in [-0.05, 0) is 49.6 Å². The summed E-state index contributed by atoms with van der Waals surface area (Å²) in [6.07, 6.45) is 4.61. The van der Waals surface area contributed by atoms with Crippen molar-refractivity contribution in [1.82, 2.24) is 5.32 Å². The standard InChI is InChI=1S/C16H24N2O2S.ClH/c1-20-13-6-8-14(9-7-13)21-11-16(19)18-15-5-3-2-4-12(15)10-17;/h6-9,12,15H,2-5,10-11,17H2,1H3,(H,18,19);1H. The van der Waals surface area contributed by atoms with Crippen LogP contribution in [-0.4, -0.2) is 31.4 Å². The van der Waals surface area contributed by atoms with Crippen LogP contribution in [0.15, 0.2) is 29.2 Å². The second kappa shape index (κ2) is 9.98. The van der Waals surface area contributed by atoms with Gasteiger partial charge in [0, 0.05) is 10.9 Å². The number of carbonyl (C=O) groups is 1. The largest absolute Gasteiger partial charge is 0.497 e. The summed E-state index contributed by atoms with van der Waals surface area (Å²) in [4.78, 5) is 13.1. The summed E-state index contributed by atoms with van der Waals surface area (Å²) >= 11 is 1.55. The highest BCUT2D eigenvalue weighted by atomic mass is 35.5. The molecule has 0 radical (unpaired) electrons. The van der Waals surface area contributed by atoms with E-state index in [1.165, 1.54) is 12.8 Å². The maximum absolute atomic E-state index is 12.1. The molecule has 1 fully saturated rings. The number of thioether (sulfide) groups is 1. The molecule has 1 saturated carbocycles. The molecule has 2 rings (SSSR count). The maximum Gasteiger partial charge on any atom is 0.230 e. The van der Waals surface area contributed by atoms with Crippen LogP contribution in [0.5, 0.6) is 5.75 Å². The molecule has 3 N–H and O–H groups in total. The molecule has 1 amide bonds. The van der Waals surface area contributed by atoms with Gasteiger partial charge < -0.3 is 15.8 Å². The third kappa shape index (κ3) is 5.71. The number of rotatable bonds is 6. The summed E-state index contributed by atoms with van der Waals surface area (Å²) < 4.78 is 5.12. The summed E-state index contributed by atoms with van der Waals surface area (Å²) in [5.41, 5.74) is 5.79. The molecular formula is C16H25ClN2O2S. The van der Waals surface area contributed by atoms with E-state index in [4.69, 9.17) is 10.5 Å². The second-order valence-electron chi connectivity index (χ2n) is 5.42. The minimum Gasteiger partial charge on any atom is -0.497 e. The summed E-state index contributed by atoms with van der Waals surface area (Å²) in [6, 6.07) is 8.02. The average molecular weight is 345 g/mol. The molecular weight excluding hydrogens is 320 g/mol. The molecule has 1 aromatic rings. The summed E-state index contributed by atoms with van der Waals surface area (Å²) in [6.45, 7) is 0.663. The molecule has 1 aliphatic rings. The Morgan fingerprint density at radius 1 is 1.32 bits per heavy atom. The molecule has 22 heavy (non-hydrogen) atoms. The number of nitrogens with one attached hydrogen (secondary N) is 1. The van der Waals surface area contributed by atoms with E-state index < -0.39 is 0 Å². The molecule has 1 aromatic carbocycles. The van der Waals surface area contributed by atoms with Gasteiger partial charge in [0.15, 0.2) is 0 Å². The molecule has 2 atom stereocenters. The zero-order chi connectivity index (χ0) is 15.1. The Labute approximate surface area is 143 Å². The highest BCUT2D eigenvalue weighted by Crippen LogP contribution is 2.24. The van der Waals surface area contributed by atoms with E-state index in [0.29, 0.717) is 18.2 Å². The lowest BCUT2D eigenvalue weighted by Crippen LogP contribution is -2.45. The molecule has 124 valence electrons. The molecule has 2 unspecified atom stereocenters. The minimum atomic E-state index is 0. The zero-order valence-corrected chi connectivity index (χ0v) is 14.6. The van der Waals surface area contributed by atoms with E-state index in [9.17, 15) is 4.79 Å². The Balaban J connectivity index is 0.00000242.